The first-order valence-corrected chi connectivity index (χ1v) is 3.61. The van der Waals surface area contributed by atoms with Gasteiger partial charge in [-0.05, 0) is 0 Å². The van der Waals surface area contributed by atoms with Crippen LogP contribution in [0.2, 0.25) is 0 Å². The lowest BCUT2D eigenvalue weighted by Crippen LogP contribution is -1.98. The molecule has 0 unspecified atom stereocenters. The average molecular weight is 195 g/mol. The summed E-state index contributed by atoms with van der Waals surface area (Å²) in [4.78, 5) is 29.6. The Kier molecular flexibility index (Phi) is 1.86. The number of aromatic nitrogens is 4. The predicted octanol–water partition coefficient (Wildman–Crippen LogP) is -0.679. The molecule has 0 spiro atoms. The maximum atomic E-state index is 10.6. The van der Waals surface area contributed by atoms with Crippen LogP contribution in [0.3, 0.4) is 0 Å². The molecule has 0 aliphatic heterocycles. The fourth-order valence-corrected chi connectivity index (χ4v) is 0.978. The molecule has 0 atom stereocenters. The molecule has 2 aromatic heterocycles. The molecule has 0 aliphatic carbocycles. The van der Waals surface area contributed by atoms with Crippen LogP contribution >= 0.6 is 0 Å². The lowest BCUT2D eigenvalue weighted by atomic mass is 10.4. The van der Waals surface area contributed by atoms with Crippen molar-refractivity contribution in [3.63, 3.8) is 0 Å². The number of hydrogen-bond acceptors (Lipinski definition) is 5. The average Bonchev–Trinajstić information content (AvgIpc) is 2.74. The number of imidazole rings is 1. The smallest absolute Gasteiger partial charge is 0.340 e. The lowest BCUT2D eigenvalue weighted by molar-refractivity contribution is -0.105. The molecule has 0 fully saturated rings. The summed E-state index contributed by atoms with van der Waals surface area (Å²) in [6.45, 7) is 0. The minimum atomic E-state index is -0.674. The van der Waals surface area contributed by atoms with Gasteiger partial charge in [-0.1, -0.05) is 5.16 Å². The van der Waals surface area contributed by atoms with Crippen LogP contribution in [0.25, 0.3) is 11.5 Å². The Morgan fingerprint density at radius 3 is 3.07 bits per heavy atom. The number of anilines is 1. The highest BCUT2D eigenvalue weighted by Crippen LogP contribution is 2.18. The van der Waals surface area contributed by atoms with Gasteiger partial charge in [-0.15, -0.1) is 0 Å². The van der Waals surface area contributed by atoms with Crippen molar-refractivity contribution >= 4 is 12.2 Å². The van der Waals surface area contributed by atoms with E-state index in [1.54, 1.807) is 0 Å². The van der Waals surface area contributed by atoms with Gasteiger partial charge in [0, 0.05) is 0 Å². The van der Waals surface area contributed by atoms with Gasteiger partial charge >= 0.3 is 5.76 Å². The van der Waals surface area contributed by atoms with Crippen LogP contribution in [-0.4, -0.2) is 26.5 Å². The van der Waals surface area contributed by atoms with Gasteiger partial charge in [0.15, 0.2) is 5.82 Å². The van der Waals surface area contributed by atoms with Crippen molar-refractivity contribution in [2.75, 3.05) is 5.32 Å². The van der Waals surface area contributed by atoms with E-state index in [9.17, 15) is 9.59 Å². The summed E-state index contributed by atoms with van der Waals surface area (Å²) in [5, 5.41) is 5.77. The molecular weight excluding hydrogens is 190 g/mol. The third-order valence-electron chi connectivity index (χ3n) is 1.51. The molecule has 2 heterocycles. The molecule has 72 valence electrons. The van der Waals surface area contributed by atoms with Crippen LogP contribution in [0.5, 0.6) is 0 Å². The quantitative estimate of drug-likeness (QED) is 0.561. The van der Waals surface area contributed by atoms with Crippen LogP contribution in [0.1, 0.15) is 0 Å². The summed E-state index contributed by atoms with van der Waals surface area (Å²) in [7, 11) is 0. The Hall–Kier alpha value is -2.38. The SMILES string of the molecule is O=CNc1nc[nH]c1-c1noc(=O)[nH]1. The first kappa shape index (κ1) is 8.23. The number of amides is 1. The van der Waals surface area contributed by atoms with Gasteiger partial charge in [-0.3, -0.25) is 14.3 Å². The first-order valence-electron chi connectivity index (χ1n) is 3.61. The number of H-pyrrole nitrogens is 2. The summed E-state index contributed by atoms with van der Waals surface area (Å²) in [6, 6.07) is 0. The maximum Gasteiger partial charge on any atom is 0.439 e. The molecule has 8 nitrogen and oxygen atoms in total. The second kappa shape index (κ2) is 3.17. The number of rotatable bonds is 3. The molecular formula is C6H5N5O3. The Morgan fingerprint density at radius 2 is 2.43 bits per heavy atom. The minimum Gasteiger partial charge on any atom is -0.340 e. The number of nitrogens with zero attached hydrogens (tertiary/aromatic N) is 2. The summed E-state index contributed by atoms with van der Waals surface area (Å²) < 4.78 is 4.30. The maximum absolute atomic E-state index is 10.6. The van der Waals surface area contributed by atoms with Crippen molar-refractivity contribution < 1.29 is 9.32 Å². The van der Waals surface area contributed by atoms with Gasteiger partial charge < -0.3 is 10.3 Å². The molecule has 0 aliphatic rings. The van der Waals surface area contributed by atoms with E-state index in [2.05, 4.69) is 29.9 Å². The van der Waals surface area contributed by atoms with E-state index in [0.29, 0.717) is 12.1 Å². The van der Waals surface area contributed by atoms with Gasteiger partial charge in [0.2, 0.25) is 12.2 Å². The van der Waals surface area contributed by atoms with E-state index in [-0.39, 0.29) is 11.6 Å². The molecule has 0 radical (unpaired) electrons. The van der Waals surface area contributed by atoms with Gasteiger partial charge in [0.1, 0.15) is 5.69 Å². The summed E-state index contributed by atoms with van der Waals surface area (Å²) in [5.74, 6) is -0.229. The van der Waals surface area contributed by atoms with Crippen molar-refractivity contribution in [1.82, 2.24) is 20.1 Å². The first-order chi connectivity index (χ1) is 6.81. The molecule has 14 heavy (non-hydrogen) atoms. The van der Waals surface area contributed by atoms with Crippen LogP contribution in [0.15, 0.2) is 15.6 Å². The van der Waals surface area contributed by atoms with E-state index < -0.39 is 5.76 Å². The van der Waals surface area contributed by atoms with E-state index in [1.165, 1.54) is 6.33 Å². The second-order valence-corrected chi connectivity index (χ2v) is 2.33. The van der Waals surface area contributed by atoms with Crippen LogP contribution in [0, 0.1) is 0 Å². The van der Waals surface area contributed by atoms with Crippen molar-refractivity contribution in [2.45, 2.75) is 0 Å². The highest BCUT2D eigenvalue weighted by atomic mass is 16.5. The molecule has 2 aromatic rings. The number of nitrogens with one attached hydrogen (secondary N) is 3. The van der Waals surface area contributed by atoms with E-state index in [4.69, 9.17) is 0 Å². The summed E-state index contributed by atoms with van der Waals surface area (Å²) >= 11 is 0. The Morgan fingerprint density at radius 1 is 1.57 bits per heavy atom. The lowest BCUT2D eigenvalue weighted by Gasteiger charge is -1.93. The minimum absolute atomic E-state index is 0.178. The van der Waals surface area contributed by atoms with E-state index in [0.717, 1.165) is 0 Å². The second-order valence-electron chi connectivity index (χ2n) is 2.33. The molecule has 8 heteroatoms. The molecule has 2 rings (SSSR count). The van der Waals surface area contributed by atoms with Gasteiger partial charge in [-0.25, -0.2) is 9.78 Å². The standard InChI is InChI=1S/C6H5N5O3/c12-2-9-4-3(7-1-8-4)5-10-6(13)14-11-5/h1-2H,(H,7,8)(H,9,12)(H,10,11,13). The number of aromatic amines is 2. The van der Waals surface area contributed by atoms with Gasteiger partial charge in [-0.2, -0.15) is 0 Å². The third-order valence-corrected chi connectivity index (χ3v) is 1.51. The predicted molar refractivity (Wildman–Crippen MR) is 44.4 cm³/mol. The zero-order chi connectivity index (χ0) is 9.97. The molecule has 0 saturated heterocycles. The molecule has 1 amide bonds. The molecule has 0 aromatic carbocycles. The largest absolute Gasteiger partial charge is 0.439 e. The van der Waals surface area contributed by atoms with E-state index in [1.807, 2.05) is 0 Å². The number of carbonyl (C=O) groups excluding carboxylic acids is 1. The fraction of sp³-hybridized carbons (Fsp3) is 0. The topological polar surface area (TPSA) is 117 Å². The van der Waals surface area contributed by atoms with Crippen LogP contribution in [0.4, 0.5) is 5.82 Å². The van der Waals surface area contributed by atoms with Gasteiger partial charge in [0.25, 0.3) is 0 Å². The van der Waals surface area contributed by atoms with Crippen molar-refractivity contribution in [1.29, 1.82) is 0 Å². The summed E-state index contributed by atoms with van der Waals surface area (Å²) in [6.07, 6.45) is 1.83. The van der Waals surface area contributed by atoms with Crippen LogP contribution in [-0.2, 0) is 4.79 Å². The fourth-order valence-electron chi connectivity index (χ4n) is 0.978. The Labute approximate surface area is 76.3 Å². The van der Waals surface area contributed by atoms with Crippen molar-refractivity contribution in [3.05, 3.63) is 16.9 Å². The number of hydrogen-bond donors (Lipinski definition) is 3. The zero-order valence-corrected chi connectivity index (χ0v) is 6.77. The monoisotopic (exact) mass is 195 g/mol. The zero-order valence-electron chi connectivity index (χ0n) is 6.77. The highest BCUT2D eigenvalue weighted by Gasteiger charge is 2.11. The van der Waals surface area contributed by atoms with E-state index >= 15 is 0 Å². The summed E-state index contributed by atoms with van der Waals surface area (Å²) in [5.41, 5.74) is 0.378. The Balaban J connectivity index is 2.45. The molecule has 0 bridgehead atoms. The number of carbonyl (C=O) groups is 1. The van der Waals surface area contributed by atoms with Crippen molar-refractivity contribution in [3.8, 4) is 11.5 Å². The van der Waals surface area contributed by atoms with Crippen molar-refractivity contribution in [2.24, 2.45) is 0 Å². The molecule has 0 saturated carbocycles. The molecule has 3 N–H and O–H groups in total. The van der Waals surface area contributed by atoms with Gasteiger partial charge in [0.05, 0.1) is 6.33 Å². The normalized spacial score (nSPS) is 10.0. The highest BCUT2D eigenvalue weighted by molar-refractivity contribution is 5.77. The Bertz CT molecular complexity index is 495. The third kappa shape index (κ3) is 1.28. The van der Waals surface area contributed by atoms with Crippen LogP contribution < -0.4 is 11.1 Å².